The molecule has 3 heterocycles. The van der Waals surface area contributed by atoms with Gasteiger partial charge in [0.15, 0.2) is 9.84 Å². The first-order valence-electron chi connectivity index (χ1n) is 8.89. The van der Waals surface area contributed by atoms with Crippen molar-refractivity contribution in [1.82, 2.24) is 14.5 Å². The molecule has 1 fully saturated rings. The third-order valence-corrected chi connectivity index (χ3v) is 8.26. The Kier molecular flexibility index (Phi) is 4.38. The maximum Gasteiger partial charge on any atom is 0.262 e. The summed E-state index contributed by atoms with van der Waals surface area (Å²) in [5.74, 6) is -0.100. The van der Waals surface area contributed by atoms with E-state index in [2.05, 4.69) is 4.98 Å². The van der Waals surface area contributed by atoms with Crippen LogP contribution in [0.15, 0.2) is 11.1 Å². The largest absolute Gasteiger partial charge is 0.337 e. The van der Waals surface area contributed by atoms with Crippen LogP contribution in [0.5, 0.6) is 0 Å². The minimum absolute atomic E-state index is 0.0107. The monoisotopic (exact) mass is 395 g/mol. The molecule has 2 aliphatic rings. The predicted octanol–water partition coefficient (Wildman–Crippen LogP) is 0.982. The number of likely N-dealkylation sites (N-methyl/N-ethyl adjacent to an activating group) is 1. The van der Waals surface area contributed by atoms with Gasteiger partial charge in [-0.15, -0.1) is 11.3 Å². The summed E-state index contributed by atoms with van der Waals surface area (Å²) in [4.78, 5) is 33.6. The van der Waals surface area contributed by atoms with E-state index >= 15 is 0 Å². The summed E-state index contributed by atoms with van der Waals surface area (Å²) >= 11 is 1.57. The molecule has 1 atom stereocenters. The Hall–Kier alpha value is -1.74. The second kappa shape index (κ2) is 6.45. The molecule has 0 N–H and O–H groups in total. The number of rotatable bonds is 4. The Morgan fingerprint density at radius 3 is 2.92 bits per heavy atom. The third-order valence-electron chi connectivity index (χ3n) is 5.31. The van der Waals surface area contributed by atoms with Gasteiger partial charge in [0.2, 0.25) is 5.91 Å². The second-order valence-electron chi connectivity index (χ2n) is 6.95. The molecule has 26 heavy (non-hydrogen) atoms. The number of hydrogen-bond donors (Lipinski definition) is 0. The maximum absolute atomic E-state index is 12.9. The zero-order chi connectivity index (χ0) is 18.5. The lowest BCUT2D eigenvalue weighted by molar-refractivity contribution is -0.133. The van der Waals surface area contributed by atoms with Crippen LogP contribution in [0.2, 0.25) is 0 Å². The fourth-order valence-electron chi connectivity index (χ4n) is 4.03. The SMILES string of the molecule is CCN(C(=O)Cn1cnc2sc3c(c2c1=O)CCC3)C1CCS(=O)(=O)C1. The molecule has 0 aromatic carbocycles. The number of nitrogens with zero attached hydrogens (tertiary/aromatic N) is 3. The van der Waals surface area contributed by atoms with Crippen molar-refractivity contribution in [1.29, 1.82) is 0 Å². The number of hydrogen-bond acceptors (Lipinski definition) is 6. The third kappa shape index (κ3) is 2.96. The van der Waals surface area contributed by atoms with E-state index in [1.54, 1.807) is 16.2 Å². The molecule has 2 aromatic heterocycles. The Bertz CT molecular complexity index is 1040. The van der Waals surface area contributed by atoms with E-state index in [1.807, 2.05) is 6.92 Å². The van der Waals surface area contributed by atoms with Gasteiger partial charge >= 0.3 is 0 Å². The normalized spacial score (nSPS) is 21.2. The molecule has 9 heteroatoms. The number of sulfone groups is 1. The zero-order valence-corrected chi connectivity index (χ0v) is 16.2. The lowest BCUT2D eigenvalue weighted by atomic mass is 10.2. The summed E-state index contributed by atoms with van der Waals surface area (Å²) in [5, 5.41) is 0.657. The Labute approximate surface area is 155 Å². The van der Waals surface area contributed by atoms with Crippen LogP contribution < -0.4 is 5.56 Å². The molecule has 0 radical (unpaired) electrons. The van der Waals surface area contributed by atoms with Crippen molar-refractivity contribution in [3.8, 4) is 0 Å². The summed E-state index contributed by atoms with van der Waals surface area (Å²) in [5.41, 5.74) is 0.927. The molecule has 1 unspecified atom stereocenters. The molecule has 7 nitrogen and oxygen atoms in total. The van der Waals surface area contributed by atoms with Crippen LogP contribution in [0.25, 0.3) is 10.2 Å². The van der Waals surface area contributed by atoms with Crippen molar-refractivity contribution in [3.05, 3.63) is 27.1 Å². The highest BCUT2D eigenvalue weighted by atomic mass is 32.2. The molecule has 0 bridgehead atoms. The smallest absolute Gasteiger partial charge is 0.262 e. The van der Waals surface area contributed by atoms with Gasteiger partial charge in [-0.2, -0.15) is 0 Å². The topological polar surface area (TPSA) is 89.3 Å². The molecule has 1 amide bonds. The molecule has 0 spiro atoms. The van der Waals surface area contributed by atoms with Gasteiger partial charge in [-0.1, -0.05) is 0 Å². The van der Waals surface area contributed by atoms with Crippen LogP contribution in [-0.4, -0.2) is 52.9 Å². The van der Waals surface area contributed by atoms with Crippen molar-refractivity contribution in [3.63, 3.8) is 0 Å². The molecule has 1 saturated heterocycles. The lowest BCUT2D eigenvalue weighted by Gasteiger charge is -2.27. The summed E-state index contributed by atoms with van der Waals surface area (Å²) in [7, 11) is -3.07. The Balaban J connectivity index is 1.61. The number of aryl methyl sites for hydroxylation is 2. The number of carbonyl (C=O) groups is 1. The summed E-state index contributed by atoms with van der Waals surface area (Å²) in [6.07, 6.45) is 4.85. The molecule has 4 rings (SSSR count). The van der Waals surface area contributed by atoms with Gasteiger partial charge in [0.25, 0.3) is 5.56 Å². The number of aromatic nitrogens is 2. The number of carbonyl (C=O) groups excluding carboxylic acids is 1. The van der Waals surface area contributed by atoms with Crippen molar-refractivity contribution in [2.24, 2.45) is 0 Å². The van der Waals surface area contributed by atoms with Crippen molar-refractivity contribution in [2.75, 3.05) is 18.1 Å². The summed E-state index contributed by atoms with van der Waals surface area (Å²) < 4.78 is 24.8. The number of fused-ring (bicyclic) bond motifs is 3. The lowest BCUT2D eigenvalue weighted by Crippen LogP contribution is -2.43. The highest BCUT2D eigenvalue weighted by Crippen LogP contribution is 2.34. The van der Waals surface area contributed by atoms with Gasteiger partial charge in [0.1, 0.15) is 11.4 Å². The van der Waals surface area contributed by atoms with Gasteiger partial charge in [-0.25, -0.2) is 13.4 Å². The van der Waals surface area contributed by atoms with Crippen LogP contribution in [0.3, 0.4) is 0 Å². The first-order valence-corrected chi connectivity index (χ1v) is 11.5. The molecular weight excluding hydrogens is 374 g/mol. The summed E-state index contributed by atoms with van der Waals surface area (Å²) in [6.45, 7) is 2.16. The highest BCUT2D eigenvalue weighted by Gasteiger charge is 2.34. The molecule has 1 aliphatic carbocycles. The first-order chi connectivity index (χ1) is 12.4. The zero-order valence-electron chi connectivity index (χ0n) is 14.6. The number of thiophene rings is 1. The van der Waals surface area contributed by atoms with E-state index < -0.39 is 9.84 Å². The fraction of sp³-hybridized carbons (Fsp3) is 0.588. The van der Waals surface area contributed by atoms with Crippen LogP contribution in [0.4, 0.5) is 0 Å². The van der Waals surface area contributed by atoms with Gasteiger partial charge in [-0.3, -0.25) is 14.2 Å². The van der Waals surface area contributed by atoms with E-state index in [0.717, 1.165) is 29.7 Å². The average molecular weight is 396 g/mol. The minimum atomic E-state index is -3.07. The average Bonchev–Trinajstić information content (AvgIpc) is 3.25. The second-order valence-corrected chi connectivity index (χ2v) is 10.3. The molecular formula is C17H21N3O4S2. The van der Waals surface area contributed by atoms with Crippen molar-refractivity contribution in [2.45, 2.75) is 45.2 Å². The van der Waals surface area contributed by atoms with E-state index in [9.17, 15) is 18.0 Å². The molecule has 140 valence electrons. The summed E-state index contributed by atoms with van der Waals surface area (Å²) in [6, 6.07) is -0.296. The number of amides is 1. The van der Waals surface area contributed by atoms with E-state index in [1.165, 1.54) is 15.8 Å². The quantitative estimate of drug-likeness (QED) is 0.770. The standard InChI is InChI=1S/C17H21N3O4S2/c1-2-20(11-6-7-26(23,24)9-11)14(21)8-19-10-18-16-15(17(19)22)12-4-3-5-13(12)25-16/h10-11H,2-9H2,1H3. The van der Waals surface area contributed by atoms with Crippen molar-refractivity contribution < 1.29 is 13.2 Å². The highest BCUT2D eigenvalue weighted by molar-refractivity contribution is 7.91. The Morgan fingerprint density at radius 1 is 1.42 bits per heavy atom. The van der Waals surface area contributed by atoms with E-state index in [0.29, 0.717) is 18.4 Å². The van der Waals surface area contributed by atoms with E-state index in [4.69, 9.17) is 0 Å². The first kappa shape index (κ1) is 17.7. The van der Waals surface area contributed by atoms with E-state index in [-0.39, 0.29) is 35.6 Å². The minimum Gasteiger partial charge on any atom is -0.337 e. The maximum atomic E-state index is 12.9. The van der Waals surface area contributed by atoms with Crippen LogP contribution in [0, 0.1) is 0 Å². The predicted molar refractivity (Wildman–Crippen MR) is 100 cm³/mol. The molecule has 2 aromatic rings. The molecule has 0 saturated carbocycles. The van der Waals surface area contributed by atoms with Gasteiger partial charge in [-0.05, 0) is 38.2 Å². The Morgan fingerprint density at radius 2 is 2.23 bits per heavy atom. The van der Waals surface area contributed by atoms with Crippen LogP contribution in [-0.2, 0) is 34.0 Å². The van der Waals surface area contributed by atoms with Gasteiger partial charge in [0.05, 0.1) is 23.2 Å². The van der Waals surface area contributed by atoms with Crippen LogP contribution >= 0.6 is 11.3 Å². The molecule has 1 aliphatic heterocycles. The van der Waals surface area contributed by atoms with Crippen molar-refractivity contribution >= 4 is 37.3 Å². The van der Waals surface area contributed by atoms with Crippen LogP contribution in [0.1, 0.15) is 30.2 Å². The fourth-order valence-corrected chi connectivity index (χ4v) is 6.98. The van der Waals surface area contributed by atoms with Gasteiger partial charge < -0.3 is 4.90 Å². The van der Waals surface area contributed by atoms with Gasteiger partial charge in [0, 0.05) is 17.5 Å².